The number of benzene rings is 1. The second-order valence-corrected chi connectivity index (χ2v) is 6.64. The van der Waals surface area contributed by atoms with Crippen LogP contribution in [0.25, 0.3) is 0 Å². The first-order chi connectivity index (χ1) is 11.1. The van der Waals surface area contributed by atoms with Crippen LogP contribution in [0.4, 0.5) is 8.78 Å². The first-order valence-corrected chi connectivity index (χ1v) is 8.18. The zero-order chi connectivity index (χ0) is 16.2. The average molecular weight is 326 g/mol. The molecule has 23 heavy (non-hydrogen) atoms. The van der Waals surface area contributed by atoms with Gasteiger partial charge in [0.1, 0.15) is 11.6 Å². The summed E-state index contributed by atoms with van der Waals surface area (Å²) in [6.07, 6.45) is 1.10. The van der Waals surface area contributed by atoms with E-state index in [-0.39, 0.29) is 6.04 Å². The van der Waals surface area contributed by atoms with Gasteiger partial charge in [-0.05, 0) is 30.7 Å². The number of ether oxygens (including phenoxy) is 2. The van der Waals surface area contributed by atoms with Gasteiger partial charge in [0.05, 0.1) is 26.4 Å². The van der Waals surface area contributed by atoms with Gasteiger partial charge in [-0.2, -0.15) is 0 Å². The minimum absolute atomic E-state index is 0.237. The molecule has 128 valence electrons. The molecule has 0 radical (unpaired) electrons. The Hall–Kier alpha value is -1.08. The minimum atomic E-state index is -0.411. The molecule has 2 N–H and O–H groups in total. The lowest BCUT2D eigenvalue weighted by atomic mass is 10.0. The van der Waals surface area contributed by atoms with E-state index in [1.54, 1.807) is 0 Å². The SMILES string of the molecule is Fc1ccc(F)cc1.NC1COCC(N2CC3COCC3C2)C1. The van der Waals surface area contributed by atoms with Crippen LogP contribution in [0.3, 0.4) is 0 Å². The highest BCUT2D eigenvalue weighted by Gasteiger charge is 2.40. The van der Waals surface area contributed by atoms with Gasteiger partial charge in [-0.1, -0.05) is 0 Å². The quantitative estimate of drug-likeness (QED) is 0.852. The van der Waals surface area contributed by atoms with Crippen LogP contribution in [0, 0.1) is 23.5 Å². The van der Waals surface area contributed by atoms with E-state index in [1.807, 2.05) is 0 Å². The third-order valence-electron chi connectivity index (χ3n) is 4.81. The summed E-state index contributed by atoms with van der Waals surface area (Å²) in [7, 11) is 0. The topological polar surface area (TPSA) is 47.7 Å². The van der Waals surface area contributed by atoms with E-state index in [0.717, 1.165) is 68.9 Å². The minimum Gasteiger partial charge on any atom is -0.381 e. The van der Waals surface area contributed by atoms with Crippen molar-refractivity contribution < 1.29 is 18.3 Å². The Morgan fingerprint density at radius 2 is 1.39 bits per heavy atom. The molecule has 3 aliphatic heterocycles. The molecule has 0 bridgehead atoms. The summed E-state index contributed by atoms with van der Waals surface area (Å²) in [5, 5.41) is 0. The molecule has 4 rings (SSSR count). The van der Waals surface area contributed by atoms with E-state index in [9.17, 15) is 8.78 Å². The lowest BCUT2D eigenvalue weighted by molar-refractivity contribution is 0.00918. The summed E-state index contributed by atoms with van der Waals surface area (Å²) in [5.74, 6) is 0.712. The Balaban J connectivity index is 0.000000166. The summed E-state index contributed by atoms with van der Waals surface area (Å²) in [6.45, 7) is 5.90. The summed E-state index contributed by atoms with van der Waals surface area (Å²) < 4.78 is 34.9. The number of rotatable bonds is 1. The number of nitrogens with zero attached hydrogens (tertiary/aromatic N) is 1. The van der Waals surface area contributed by atoms with Crippen molar-refractivity contribution in [1.29, 1.82) is 0 Å². The summed E-state index contributed by atoms with van der Waals surface area (Å²) in [6, 6.07) is 5.11. The van der Waals surface area contributed by atoms with Gasteiger partial charge in [-0.15, -0.1) is 0 Å². The van der Waals surface area contributed by atoms with Crippen molar-refractivity contribution in [1.82, 2.24) is 4.90 Å². The predicted octanol–water partition coefficient (Wildman–Crippen LogP) is 1.65. The predicted molar refractivity (Wildman–Crippen MR) is 82.9 cm³/mol. The third kappa shape index (κ3) is 4.47. The second kappa shape index (κ2) is 7.66. The molecule has 0 aliphatic carbocycles. The molecule has 3 aliphatic rings. The van der Waals surface area contributed by atoms with Crippen LogP contribution in [0.15, 0.2) is 24.3 Å². The third-order valence-corrected chi connectivity index (χ3v) is 4.81. The van der Waals surface area contributed by atoms with Crippen LogP contribution in [0.1, 0.15) is 6.42 Å². The highest BCUT2D eigenvalue weighted by atomic mass is 19.1. The van der Waals surface area contributed by atoms with Crippen molar-refractivity contribution in [2.45, 2.75) is 18.5 Å². The average Bonchev–Trinajstić information content (AvgIpc) is 3.12. The number of hydrogen-bond acceptors (Lipinski definition) is 4. The number of hydrogen-bond donors (Lipinski definition) is 1. The Kier molecular flexibility index (Phi) is 5.58. The Bertz CT molecular complexity index is 467. The van der Waals surface area contributed by atoms with Gasteiger partial charge in [0, 0.05) is 37.0 Å². The van der Waals surface area contributed by atoms with Crippen LogP contribution in [0.5, 0.6) is 0 Å². The standard InChI is InChI=1S/C11H20N2O2.C6H4F2/c12-10-1-11(7-15-6-10)13-2-8-4-14-5-9(8)3-13;7-5-1-2-6(8)4-3-5/h8-11H,1-7,12H2;1-4H. The molecule has 4 atom stereocenters. The van der Waals surface area contributed by atoms with E-state index < -0.39 is 11.6 Å². The number of fused-ring (bicyclic) bond motifs is 1. The largest absolute Gasteiger partial charge is 0.381 e. The molecule has 0 saturated carbocycles. The zero-order valence-corrected chi connectivity index (χ0v) is 13.2. The van der Waals surface area contributed by atoms with Crippen LogP contribution < -0.4 is 5.73 Å². The van der Waals surface area contributed by atoms with Crippen molar-refractivity contribution in [3.8, 4) is 0 Å². The second-order valence-electron chi connectivity index (χ2n) is 6.64. The van der Waals surface area contributed by atoms with E-state index in [4.69, 9.17) is 15.2 Å². The number of nitrogens with two attached hydrogens (primary N) is 1. The molecule has 3 heterocycles. The smallest absolute Gasteiger partial charge is 0.123 e. The molecular formula is C17H24F2N2O2. The fourth-order valence-electron chi connectivity index (χ4n) is 3.55. The number of halogens is 2. The molecule has 6 heteroatoms. The fourth-order valence-corrected chi connectivity index (χ4v) is 3.55. The lowest BCUT2D eigenvalue weighted by Crippen LogP contribution is -2.47. The molecule has 3 fully saturated rings. The normalized spacial score (nSPS) is 33.9. The van der Waals surface area contributed by atoms with Crippen LogP contribution in [-0.4, -0.2) is 56.5 Å². The number of likely N-dealkylation sites (tertiary alicyclic amines) is 1. The van der Waals surface area contributed by atoms with Crippen molar-refractivity contribution >= 4 is 0 Å². The molecule has 0 aromatic heterocycles. The van der Waals surface area contributed by atoms with Gasteiger partial charge in [-0.25, -0.2) is 8.78 Å². The van der Waals surface area contributed by atoms with Crippen molar-refractivity contribution in [3.05, 3.63) is 35.9 Å². The molecule has 4 unspecified atom stereocenters. The maximum absolute atomic E-state index is 11.9. The van der Waals surface area contributed by atoms with E-state index in [2.05, 4.69) is 4.90 Å². The van der Waals surface area contributed by atoms with Gasteiger partial charge in [0.25, 0.3) is 0 Å². The molecule has 1 aromatic rings. The van der Waals surface area contributed by atoms with Crippen molar-refractivity contribution in [2.24, 2.45) is 17.6 Å². The van der Waals surface area contributed by atoms with Crippen LogP contribution in [-0.2, 0) is 9.47 Å². The van der Waals surface area contributed by atoms with Crippen LogP contribution >= 0.6 is 0 Å². The first-order valence-electron chi connectivity index (χ1n) is 8.18. The highest BCUT2D eigenvalue weighted by molar-refractivity contribution is 5.04. The summed E-state index contributed by atoms with van der Waals surface area (Å²) in [5.41, 5.74) is 5.93. The van der Waals surface area contributed by atoms with E-state index in [0.29, 0.717) is 6.04 Å². The maximum Gasteiger partial charge on any atom is 0.123 e. The molecule has 4 nitrogen and oxygen atoms in total. The Labute approximate surface area is 135 Å². The monoisotopic (exact) mass is 326 g/mol. The first kappa shape index (κ1) is 16.8. The lowest BCUT2D eigenvalue weighted by Gasteiger charge is -2.34. The fraction of sp³-hybridized carbons (Fsp3) is 0.647. The summed E-state index contributed by atoms with van der Waals surface area (Å²) in [4.78, 5) is 2.57. The molecular weight excluding hydrogens is 302 g/mol. The van der Waals surface area contributed by atoms with Gasteiger partial charge < -0.3 is 15.2 Å². The zero-order valence-electron chi connectivity index (χ0n) is 13.2. The van der Waals surface area contributed by atoms with Crippen LogP contribution in [0.2, 0.25) is 0 Å². The van der Waals surface area contributed by atoms with Gasteiger partial charge in [-0.3, -0.25) is 4.90 Å². The molecule has 1 aromatic carbocycles. The Morgan fingerprint density at radius 1 is 0.870 bits per heavy atom. The molecule has 3 saturated heterocycles. The van der Waals surface area contributed by atoms with Crippen molar-refractivity contribution in [3.63, 3.8) is 0 Å². The maximum atomic E-state index is 11.9. The summed E-state index contributed by atoms with van der Waals surface area (Å²) >= 11 is 0. The molecule has 0 spiro atoms. The Morgan fingerprint density at radius 3 is 1.91 bits per heavy atom. The van der Waals surface area contributed by atoms with Gasteiger partial charge in [0.15, 0.2) is 0 Å². The highest BCUT2D eigenvalue weighted by Crippen LogP contribution is 2.31. The van der Waals surface area contributed by atoms with Gasteiger partial charge >= 0.3 is 0 Å². The molecule has 0 amide bonds. The van der Waals surface area contributed by atoms with E-state index in [1.165, 1.54) is 13.1 Å². The van der Waals surface area contributed by atoms with E-state index >= 15 is 0 Å². The van der Waals surface area contributed by atoms with Crippen molar-refractivity contribution in [2.75, 3.05) is 39.5 Å². The van der Waals surface area contributed by atoms with Gasteiger partial charge in [0.2, 0.25) is 0 Å².